The third-order valence-corrected chi connectivity index (χ3v) is 4.31. The number of hydrogen-bond acceptors (Lipinski definition) is 4. The molecule has 0 radical (unpaired) electrons. The number of rotatable bonds is 4. The van der Waals surface area contributed by atoms with Crippen LogP contribution in [0.3, 0.4) is 0 Å². The first-order chi connectivity index (χ1) is 9.51. The average molecular weight is 292 g/mol. The molecule has 1 aromatic rings. The highest BCUT2D eigenvalue weighted by Gasteiger charge is 2.21. The molecule has 0 saturated carbocycles. The number of piperazine rings is 1. The summed E-state index contributed by atoms with van der Waals surface area (Å²) in [5.41, 5.74) is 7.61. The second-order valence-corrected chi connectivity index (χ2v) is 5.94. The Balaban J connectivity index is 2.09. The molecule has 2 heterocycles. The first kappa shape index (κ1) is 15.2. The Labute approximate surface area is 127 Å². The van der Waals surface area contributed by atoms with E-state index in [0.717, 1.165) is 43.3 Å². The number of aromatic nitrogens is 1. The number of thiocarbonyl (C=S) groups is 1. The number of nitrogens with two attached hydrogens (primary N) is 1. The minimum atomic E-state index is 0.440. The fraction of sp³-hybridized carbons (Fsp3) is 0.600. The summed E-state index contributed by atoms with van der Waals surface area (Å²) in [6.07, 6.45) is 1.20. The molecule has 1 aliphatic rings. The van der Waals surface area contributed by atoms with E-state index in [1.54, 1.807) is 0 Å². The van der Waals surface area contributed by atoms with Crippen molar-refractivity contribution in [2.45, 2.75) is 33.2 Å². The van der Waals surface area contributed by atoms with Gasteiger partial charge in [-0.1, -0.05) is 19.1 Å². The molecule has 1 atom stereocenters. The zero-order chi connectivity index (χ0) is 14.7. The summed E-state index contributed by atoms with van der Waals surface area (Å²) in [6, 6.07) is 4.62. The van der Waals surface area contributed by atoms with Crippen molar-refractivity contribution in [2.75, 3.05) is 31.1 Å². The van der Waals surface area contributed by atoms with Gasteiger partial charge in [0.25, 0.3) is 0 Å². The highest BCUT2D eigenvalue weighted by Crippen LogP contribution is 2.18. The van der Waals surface area contributed by atoms with E-state index in [1.165, 1.54) is 6.42 Å². The molecule has 1 aromatic heterocycles. The molecule has 1 aliphatic heterocycles. The summed E-state index contributed by atoms with van der Waals surface area (Å²) >= 11 is 5.07. The van der Waals surface area contributed by atoms with Crippen molar-refractivity contribution in [1.82, 2.24) is 9.88 Å². The molecule has 110 valence electrons. The van der Waals surface area contributed by atoms with Crippen LogP contribution in [-0.4, -0.2) is 47.1 Å². The van der Waals surface area contributed by atoms with Crippen LogP contribution in [0.15, 0.2) is 12.1 Å². The smallest absolute Gasteiger partial charge is 0.129 e. The van der Waals surface area contributed by atoms with Gasteiger partial charge in [-0.25, -0.2) is 4.98 Å². The van der Waals surface area contributed by atoms with Gasteiger partial charge in [0.1, 0.15) is 10.8 Å². The monoisotopic (exact) mass is 292 g/mol. The summed E-state index contributed by atoms with van der Waals surface area (Å²) in [7, 11) is 0. The van der Waals surface area contributed by atoms with E-state index in [0.29, 0.717) is 11.0 Å². The predicted molar refractivity (Wildman–Crippen MR) is 88.4 cm³/mol. The molecule has 0 bridgehead atoms. The van der Waals surface area contributed by atoms with Crippen molar-refractivity contribution in [2.24, 2.45) is 5.73 Å². The quantitative estimate of drug-likeness (QED) is 0.859. The van der Waals surface area contributed by atoms with Gasteiger partial charge in [-0.05, 0) is 32.4 Å². The zero-order valence-electron chi connectivity index (χ0n) is 12.6. The lowest BCUT2D eigenvalue weighted by Crippen LogP contribution is -2.49. The second kappa shape index (κ2) is 6.50. The Morgan fingerprint density at radius 2 is 2.00 bits per heavy atom. The Hall–Kier alpha value is -1.20. The van der Waals surface area contributed by atoms with Crippen molar-refractivity contribution in [3.05, 3.63) is 23.4 Å². The Morgan fingerprint density at radius 1 is 1.35 bits per heavy atom. The molecule has 1 saturated heterocycles. The van der Waals surface area contributed by atoms with Crippen LogP contribution in [0.5, 0.6) is 0 Å². The minimum absolute atomic E-state index is 0.440. The van der Waals surface area contributed by atoms with Gasteiger partial charge in [0.05, 0.1) is 0 Å². The fourth-order valence-corrected chi connectivity index (χ4v) is 2.72. The van der Waals surface area contributed by atoms with Crippen molar-refractivity contribution in [1.29, 1.82) is 0 Å². The van der Waals surface area contributed by atoms with Gasteiger partial charge in [-0.15, -0.1) is 0 Å². The highest BCUT2D eigenvalue weighted by atomic mass is 32.1. The molecule has 0 aromatic carbocycles. The molecule has 0 amide bonds. The number of pyridine rings is 1. The highest BCUT2D eigenvalue weighted by molar-refractivity contribution is 7.80. The van der Waals surface area contributed by atoms with Crippen LogP contribution in [0.2, 0.25) is 0 Å². The number of anilines is 1. The lowest BCUT2D eigenvalue weighted by molar-refractivity contribution is 0.192. The van der Waals surface area contributed by atoms with Crippen LogP contribution in [0.25, 0.3) is 0 Å². The second-order valence-electron chi connectivity index (χ2n) is 5.50. The topological polar surface area (TPSA) is 45.4 Å². The SMILES string of the molecule is CCC(C)N1CCN(c2cc(C(N)=S)cc(C)n2)CC1. The van der Waals surface area contributed by atoms with E-state index in [2.05, 4.69) is 28.6 Å². The van der Waals surface area contributed by atoms with Gasteiger partial charge >= 0.3 is 0 Å². The molecule has 1 unspecified atom stereocenters. The van der Waals surface area contributed by atoms with Crippen molar-refractivity contribution < 1.29 is 0 Å². The summed E-state index contributed by atoms with van der Waals surface area (Å²) in [5, 5.41) is 0. The Morgan fingerprint density at radius 3 is 2.55 bits per heavy atom. The predicted octanol–water partition coefficient (Wildman–Crippen LogP) is 1.94. The van der Waals surface area contributed by atoms with Crippen molar-refractivity contribution in [3.63, 3.8) is 0 Å². The van der Waals surface area contributed by atoms with Crippen LogP contribution in [0.4, 0.5) is 5.82 Å². The lowest BCUT2D eigenvalue weighted by Gasteiger charge is -2.38. The molecule has 2 rings (SSSR count). The number of nitrogens with zero attached hydrogens (tertiary/aromatic N) is 3. The van der Waals surface area contributed by atoms with E-state index >= 15 is 0 Å². The van der Waals surface area contributed by atoms with Gasteiger partial charge in [-0.3, -0.25) is 4.90 Å². The molecule has 5 heteroatoms. The first-order valence-electron chi connectivity index (χ1n) is 7.28. The summed E-state index contributed by atoms with van der Waals surface area (Å²) in [5.74, 6) is 0.997. The zero-order valence-corrected chi connectivity index (χ0v) is 13.4. The van der Waals surface area contributed by atoms with Crippen LogP contribution in [0, 0.1) is 6.92 Å². The van der Waals surface area contributed by atoms with E-state index in [4.69, 9.17) is 18.0 Å². The molecular formula is C15H24N4S. The normalized spacial score (nSPS) is 18.1. The molecule has 4 nitrogen and oxygen atoms in total. The maximum absolute atomic E-state index is 5.74. The van der Waals surface area contributed by atoms with E-state index in [-0.39, 0.29) is 0 Å². The number of aryl methyl sites for hydroxylation is 1. The molecule has 1 fully saturated rings. The maximum atomic E-state index is 5.74. The average Bonchev–Trinajstić information content (AvgIpc) is 2.46. The first-order valence-corrected chi connectivity index (χ1v) is 7.69. The molecular weight excluding hydrogens is 268 g/mol. The lowest BCUT2D eigenvalue weighted by atomic mass is 10.1. The third kappa shape index (κ3) is 3.46. The van der Waals surface area contributed by atoms with E-state index in [1.807, 2.05) is 19.1 Å². The van der Waals surface area contributed by atoms with Crippen LogP contribution in [-0.2, 0) is 0 Å². The van der Waals surface area contributed by atoms with Gasteiger partial charge in [-0.2, -0.15) is 0 Å². The summed E-state index contributed by atoms with van der Waals surface area (Å²) < 4.78 is 0. The van der Waals surface area contributed by atoms with Gasteiger partial charge in [0, 0.05) is 43.5 Å². The fourth-order valence-electron chi connectivity index (χ4n) is 2.61. The summed E-state index contributed by atoms with van der Waals surface area (Å²) in [4.78, 5) is 9.93. The summed E-state index contributed by atoms with van der Waals surface area (Å²) in [6.45, 7) is 10.7. The van der Waals surface area contributed by atoms with Gasteiger partial charge < -0.3 is 10.6 Å². The third-order valence-electron chi connectivity index (χ3n) is 4.08. The largest absolute Gasteiger partial charge is 0.389 e. The molecule has 0 aliphatic carbocycles. The molecule has 20 heavy (non-hydrogen) atoms. The maximum Gasteiger partial charge on any atom is 0.129 e. The minimum Gasteiger partial charge on any atom is -0.389 e. The number of hydrogen-bond donors (Lipinski definition) is 1. The molecule has 2 N–H and O–H groups in total. The van der Waals surface area contributed by atoms with Crippen LogP contribution in [0.1, 0.15) is 31.5 Å². The van der Waals surface area contributed by atoms with Gasteiger partial charge in [0.15, 0.2) is 0 Å². The Kier molecular flexibility index (Phi) is 4.94. The van der Waals surface area contributed by atoms with Crippen molar-refractivity contribution in [3.8, 4) is 0 Å². The van der Waals surface area contributed by atoms with Gasteiger partial charge in [0.2, 0.25) is 0 Å². The van der Waals surface area contributed by atoms with E-state index in [9.17, 15) is 0 Å². The Bertz CT molecular complexity index is 481. The standard InChI is InChI=1S/C15H24N4S/c1-4-12(3)18-5-7-19(8-6-18)14-10-13(15(16)20)9-11(2)17-14/h9-10,12H,4-8H2,1-3H3,(H2,16,20). The van der Waals surface area contributed by atoms with Crippen LogP contribution < -0.4 is 10.6 Å². The van der Waals surface area contributed by atoms with Crippen molar-refractivity contribution >= 4 is 23.0 Å². The van der Waals surface area contributed by atoms with Crippen LogP contribution >= 0.6 is 12.2 Å². The molecule has 0 spiro atoms. The van der Waals surface area contributed by atoms with E-state index < -0.39 is 0 Å².